The number of hydrogen-bond acceptors (Lipinski definition) is 1. The second kappa shape index (κ2) is 11.8. The van der Waals surface area contributed by atoms with Crippen molar-refractivity contribution in [3.63, 3.8) is 0 Å². The molecule has 9 aromatic carbocycles. The monoisotopic (exact) mass is 691 g/mol. The van der Waals surface area contributed by atoms with Gasteiger partial charge < -0.3 is 4.57 Å². The van der Waals surface area contributed by atoms with E-state index in [1.54, 1.807) is 0 Å². The summed E-state index contributed by atoms with van der Waals surface area (Å²) in [5.41, 5.74) is 10.7. The van der Waals surface area contributed by atoms with Gasteiger partial charge in [0.2, 0.25) is 0 Å². The molecule has 1 aliphatic heterocycles. The summed E-state index contributed by atoms with van der Waals surface area (Å²) in [5, 5.41) is 7.64. The molecule has 0 atom stereocenters. The predicted octanol–water partition coefficient (Wildman–Crippen LogP) is 13.6. The van der Waals surface area contributed by atoms with Gasteiger partial charge in [-0.1, -0.05) is 169 Å². The van der Waals surface area contributed by atoms with E-state index in [9.17, 15) is 0 Å². The Bertz CT molecular complexity index is 2930. The Morgan fingerprint density at radius 1 is 0.358 bits per heavy atom. The fraction of sp³-hybridized carbons (Fsp3) is 0.0196. The van der Waals surface area contributed by atoms with Gasteiger partial charge in [-0.15, -0.1) is 0 Å². The van der Waals surface area contributed by atoms with E-state index in [1.165, 1.54) is 92.2 Å². The van der Waals surface area contributed by atoms with E-state index in [0.29, 0.717) is 0 Å². The average molecular weight is 692 g/mol. The zero-order valence-corrected chi connectivity index (χ0v) is 29.7. The summed E-state index contributed by atoms with van der Waals surface area (Å²) in [4.78, 5) is 2.61. The van der Waals surface area contributed by atoms with E-state index in [-0.39, 0.29) is 0 Å². The summed E-state index contributed by atoms with van der Waals surface area (Å²) in [6.45, 7) is 0. The number of hydrogen-bond donors (Lipinski definition) is 0. The summed E-state index contributed by atoms with van der Waals surface area (Å²) in [6.07, 6.45) is 0. The molecule has 0 saturated heterocycles. The second-order valence-corrected chi connectivity index (χ2v) is 15.1. The highest BCUT2D eigenvalue weighted by molar-refractivity contribution is 7.99. The van der Waals surface area contributed by atoms with Gasteiger partial charge in [-0.25, -0.2) is 0 Å². The lowest BCUT2D eigenvalue weighted by Crippen LogP contribution is -2.34. The zero-order chi connectivity index (χ0) is 34.9. The molecule has 0 bridgehead atoms. The molecule has 2 heterocycles. The normalized spacial score (nSPS) is 13.4. The van der Waals surface area contributed by atoms with Crippen LogP contribution in [0.5, 0.6) is 0 Å². The lowest BCUT2D eigenvalue weighted by molar-refractivity contribution is 0.718. The molecule has 0 aliphatic carbocycles. The Labute approximate surface area is 312 Å². The van der Waals surface area contributed by atoms with Crippen molar-refractivity contribution in [1.29, 1.82) is 0 Å². The number of aromatic nitrogens is 1. The number of benzene rings is 9. The topological polar surface area (TPSA) is 4.93 Å². The first-order valence-corrected chi connectivity index (χ1v) is 19.1. The van der Waals surface area contributed by atoms with Crippen molar-refractivity contribution in [2.75, 3.05) is 0 Å². The quantitative estimate of drug-likeness (QED) is 0.178. The van der Waals surface area contributed by atoms with Crippen molar-refractivity contribution in [2.24, 2.45) is 0 Å². The van der Waals surface area contributed by atoms with Gasteiger partial charge >= 0.3 is 0 Å². The molecular formula is C51H33NS. The van der Waals surface area contributed by atoms with Crippen molar-refractivity contribution >= 4 is 55.1 Å². The molecule has 53 heavy (non-hydrogen) atoms. The second-order valence-electron chi connectivity index (χ2n) is 14.0. The largest absolute Gasteiger partial charge is 0.309 e. The molecule has 11 rings (SSSR count). The van der Waals surface area contributed by atoms with Gasteiger partial charge in [-0.05, 0) is 97.4 Å². The van der Waals surface area contributed by atoms with Crippen molar-refractivity contribution in [1.82, 2.24) is 4.57 Å². The highest BCUT2D eigenvalue weighted by Crippen LogP contribution is 2.59. The molecule has 0 N–H and O–H groups in total. The van der Waals surface area contributed by atoms with Crippen LogP contribution in [0.25, 0.3) is 60.2 Å². The molecule has 2 heteroatoms. The van der Waals surface area contributed by atoms with Gasteiger partial charge in [-0.2, -0.15) is 0 Å². The maximum atomic E-state index is 2.40. The van der Waals surface area contributed by atoms with Crippen LogP contribution >= 0.6 is 11.8 Å². The first-order chi connectivity index (χ1) is 26.3. The van der Waals surface area contributed by atoms with Crippen LogP contribution in [0.3, 0.4) is 0 Å². The highest BCUT2D eigenvalue weighted by Gasteiger charge is 2.46. The standard InChI is InChI=1S/C51H33NS/c1-3-15-38(16-4-1)51(49-41-19-9-7-13-35(41)26-31-47(49)53-48-32-27-36-14-8-10-20-42(36)50(48)51)39-28-23-34(24-29-39)37-25-30-46-44(33-37)43-21-11-12-22-45(43)52(46)40-17-5-2-6-18-40/h1-33H. The summed E-state index contributed by atoms with van der Waals surface area (Å²) in [6, 6.07) is 74.1. The van der Waals surface area contributed by atoms with Gasteiger partial charge in [0.1, 0.15) is 0 Å². The number of fused-ring (bicyclic) bond motifs is 9. The molecular weight excluding hydrogens is 659 g/mol. The van der Waals surface area contributed by atoms with Gasteiger partial charge in [0.05, 0.1) is 16.4 Å². The Kier molecular flexibility index (Phi) is 6.77. The van der Waals surface area contributed by atoms with Crippen molar-refractivity contribution in [3.05, 3.63) is 222 Å². The summed E-state index contributed by atoms with van der Waals surface area (Å²) < 4.78 is 2.38. The molecule has 248 valence electrons. The van der Waals surface area contributed by atoms with Gasteiger partial charge in [0, 0.05) is 26.3 Å². The summed E-state index contributed by atoms with van der Waals surface area (Å²) in [5.74, 6) is 0. The molecule has 0 radical (unpaired) electrons. The Morgan fingerprint density at radius 3 is 1.53 bits per heavy atom. The minimum Gasteiger partial charge on any atom is -0.309 e. The first kappa shape index (κ1) is 30.3. The van der Waals surface area contributed by atoms with Gasteiger partial charge in [0.15, 0.2) is 0 Å². The Morgan fingerprint density at radius 2 is 0.868 bits per heavy atom. The molecule has 0 spiro atoms. The zero-order valence-electron chi connectivity index (χ0n) is 28.9. The molecule has 1 nitrogen and oxygen atoms in total. The van der Waals surface area contributed by atoms with Crippen molar-refractivity contribution in [2.45, 2.75) is 15.2 Å². The molecule has 0 amide bonds. The van der Waals surface area contributed by atoms with Crippen LogP contribution in [0.15, 0.2) is 210 Å². The third-order valence-corrected chi connectivity index (χ3v) is 12.4. The van der Waals surface area contributed by atoms with E-state index in [0.717, 1.165) is 0 Å². The molecule has 1 aromatic heterocycles. The molecule has 0 saturated carbocycles. The summed E-state index contributed by atoms with van der Waals surface area (Å²) >= 11 is 1.90. The fourth-order valence-electron chi connectivity index (χ4n) is 9.04. The van der Waals surface area contributed by atoms with Crippen LogP contribution in [0.1, 0.15) is 22.3 Å². The Balaban J connectivity index is 1.17. The molecule has 0 fully saturated rings. The lowest BCUT2D eigenvalue weighted by atomic mass is 9.62. The fourth-order valence-corrected chi connectivity index (χ4v) is 10.3. The minimum absolute atomic E-state index is 0.551. The van der Waals surface area contributed by atoms with E-state index in [4.69, 9.17) is 0 Å². The minimum atomic E-state index is -0.551. The number of rotatable bonds is 4. The number of para-hydroxylation sites is 2. The molecule has 0 unspecified atom stereocenters. The third-order valence-electron chi connectivity index (χ3n) is 11.3. The summed E-state index contributed by atoms with van der Waals surface area (Å²) in [7, 11) is 0. The van der Waals surface area contributed by atoms with Crippen LogP contribution in [-0.4, -0.2) is 4.57 Å². The van der Waals surface area contributed by atoms with Crippen LogP contribution in [-0.2, 0) is 5.41 Å². The molecule has 1 aliphatic rings. The lowest BCUT2D eigenvalue weighted by Gasteiger charge is -2.43. The smallest absolute Gasteiger partial charge is 0.0735 e. The number of nitrogens with zero attached hydrogens (tertiary/aromatic N) is 1. The van der Waals surface area contributed by atoms with Gasteiger partial charge in [0.25, 0.3) is 0 Å². The van der Waals surface area contributed by atoms with E-state index < -0.39 is 5.41 Å². The Hall–Kier alpha value is -6.35. The van der Waals surface area contributed by atoms with E-state index in [1.807, 2.05) is 11.8 Å². The maximum absolute atomic E-state index is 2.40. The van der Waals surface area contributed by atoms with Crippen molar-refractivity contribution in [3.8, 4) is 16.8 Å². The van der Waals surface area contributed by atoms with Crippen LogP contribution < -0.4 is 0 Å². The van der Waals surface area contributed by atoms with Crippen LogP contribution in [0.4, 0.5) is 0 Å². The van der Waals surface area contributed by atoms with Crippen LogP contribution in [0.2, 0.25) is 0 Å². The highest BCUT2D eigenvalue weighted by atomic mass is 32.2. The van der Waals surface area contributed by atoms with Crippen molar-refractivity contribution < 1.29 is 0 Å². The predicted molar refractivity (Wildman–Crippen MR) is 224 cm³/mol. The van der Waals surface area contributed by atoms with E-state index >= 15 is 0 Å². The maximum Gasteiger partial charge on any atom is 0.0735 e. The van der Waals surface area contributed by atoms with Crippen LogP contribution in [0, 0.1) is 0 Å². The van der Waals surface area contributed by atoms with Gasteiger partial charge in [-0.3, -0.25) is 0 Å². The molecule has 10 aromatic rings. The third kappa shape index (κ3) is 4.46. The SMILES string of the molecule is c1ccc(-n2c3ccccc3c3cc(-c4ccc(C5(c6ccccc6)c6c(ccc7ccccc67)Sc6ccc7ccccc7c65)cc4)ccc32)cc1. The first-order valence-electron chi connectivity index (χ1n) is 18.3. The van der Waals surface area contributed by atoms with E-state index in [2.05, 4.69) is 205 Å². The average Bonchev–Trinajstić information content (AvgIpc) is 3.57.